The summed E-state index contributed by atoms with van der Waals surface area (Å²) >= 11 is 0. The summed E-state index contributed by atoms with van der Waals surface area (Å²) < 4.78 is 0. The second-order valence-electron chi connectivity index (χ2n) is 8.74. The number of benzene rings is 3. The van der Waals surface area contributed by atoms with E-state index in [1.54, 1.807) is 0 Å². The summed E-state index contributed by atoms with van der Waals surface area (Å²) in [5, 5.41) is 4.09. The summed E-state index contributed by atoms with van der Waals surface area (Å²) in [5.41, 5.74) is 5.68. The Balaban J connectivity index is 1.60. The molecule has 4 aromatic rings. The van der Waals surface area contributed by atoms with Gasteiger partial charge >= 0.3 is 0 Å². The topological polar surface area (TPSA) is 42.0 Å². The number of para-hydroxylation sites is 1. The van der Waals surface area contributed by atoms with E-state index in [4.69, 9.17) is 4.98 Å². The number of hydrogen-bond acceptors (Lipinski definition) is 2. The van der Waals surface area contributed by atoms with Crippen LogP contribution in [0.2, 0.25) is 0 Å². The second kappa shape index (κ2) is 10.9. The summed E-state index contributed by atoms with van der Waals surface area (Å²) in [7, 11) is 0. The smallest absolute Gasteiger partial charge is 0.252 e. The highest BCUT2D eigenvalue weighted by Crippen LogP contribution is 2.27. The third-order valence-electron chi connectivity index (χ3n) is 6.12. The number of rotatable bonds is 9. The monoisotopic (exact) mass is 436 g/mol. The quantitative estimate of drug-likeness (QED) is 0.274. The predicted molar refractivity (Wildman–Crippen MR) is 138 cm³/mol. The Morgan fingerprint density at radius 3 is 2.24 bits per heavy atom. The molecule has 0 aliphatic rings. The van der Waals surface area contributed by atoms with Crippen LogP contribution in [-0.4, -0.2) is 16.9 Å². The molecule has 0 saturated heterocycles. The fourth-order valence-electron chi connectivity index (χ4n) is 4.23. The molecule has 1 heterocycles. The van der Waals surface area contributed by atoms with E-state index in [2.05, 4.69) is 55.6 Å². The van der Waals surface area contributed by atoms with Crippen LogP contribution in [0.1, 0.15) is 56.3 Å². The number of unbranched alkanes of at least 4 members (excludes halogenated alkanes) is 3. The van der Waals surface area contributed by atoms with E-state index in [0.29, 0.717) is 5.56 Å². The first kappa shape index (κ1) is 22.7. The van der Waals surface area contributed by atoms with Crippen molar-refractivity contribution >= 4 is 16.8 Å². The zero-order chi connectivity index (χ0) is 23.0. The summed E-state index contributed by atoms with van der Waals surface area (Å²) in [5.74, 6) is -0.0289. The molecule has 1 amide bonds. The molecule has 0 bridgehead atoms. The molecule has 0 fully saturated rings. The Hall–Kier alpha value is -3.46. The molecule has 1 unspecified atom stereocenters. The molecule has 4 rings (SSSR count). The molecule has 3 aromatic carbocycles. The van der Waals surface area contributed by atoms with Crippen molar-refractivity contribution in [2.45, 2.75) is 52.0 Å². The minimum atomic E-state index is -0.0289. The molecule has 0 aliphatic carbocycles. The normalized spacial score (nSPS) is 11.9. The Kier molecular flexibility index (Phi) is 7.51. The second-order valence-corrected chi connectivity index (χ2v) is 8.74. The minimum Gasteiger partial charge on any atom is -0.350 e. The van der Waals surface area contributed by atoms with Crippen LogP contribution < -0.4 is 5.32 Å². The van der Waals surface area contributed by atoms with Gasteiger partial charge in [-0.3, -0.25) is 4.79 Å². The molecule has 0 radical (unpaired) electrons. The maximum atomic E-state index is 13.2. The van der Waals surface area contributed by atoms with E-state index in [1.807, 2.05) is 48.5 Å². The van der Waals surface area contributed by atoms with Gasteiger partial charge in [-0.2, -0.15) is 0 Å². The van der Waals surface area contributed by atoms with Gasteiger partial charge in [0.1, 0.15) is 0 Å². The lowest BCUT2D eigenvalue weighted by atomic mass is 10.00. The lowest BCUT2D eigenvalue weighted by Gasteiger charge is -2.16. The Morgan fingerprint density at radius 2 is 1.48 bits per heavy atom. The lowest BCUT2D eigenvalue weighted by Crippen LogP contribution is -2.32. The number of pyridine rings is 1. The van der Waals surface area contributed by atoms with Gasteiger partial charge in [0.15, 0.2) is 0 Å². The first-order chi connectivity index (χ1) is 16.2. The number of carbonyl (C=O) groups is 1. The van der Waals surface area contributed by atoms with Crippen LogP contribution in [-0.2, 0) is 0 Å². The van der Waals surface area contributed by atoms with E-state index in [-0.39, 0.29) is 11.9 Å². The van der Waals surface area contributed by atoms with Crippen molar-refractivity contribution in [3.63, 3.8) is 0 Å². The van der Waals surface area contributed by atoms with Crippen molar-refractivity contribution in [3.8, 4) is 22.4 Å². The number of amides is 1. The number of nitrogens with zero attached hydrogens (tertiary/aromatic N) is 1. The number of nitrogens with one attached hydrogen (secondary N) is 1. The van der Waals surface area contributed by atoms with Crippen LogP contribution in [0.4, 0.5) is 0 Å². The number of fused-ring (bicyclic) bond motifs is 1. The molecule has 0 aliphatic heterocycles. The van der Waals surface area contributed by atoms with Crippen molar-refractivity contribution in [1.29, 1.82) is 0 Å². The van der Waals surface area contributed by atoms with Crippen LogP contribution >= 0.6 is 0 Å². The summed E-state index contributed by atoms with van der Waals surface area (Å²) in [6, 6.07) is 28.7. The Bertz CT molecular complexity index is 1200. The molecule has 3 heteroatoms. The van der Waals surface area contributed by atoms with Gasteiger partial charge in [0, 0.05) is 17.0 Å². The lowest BCUT2D eigenvalue weighted by molar-refractivity contribution is 0.0939. The van der Waals surface area contributed by atoms with Crippen LogP contribution in [0, 0.1) is 0 Å². The molecule has 33 heavy (non-hydrogen) atoms. The fraction of sp³-hybridized carbons (Fsp3) is 0.267. The third-order valence-corrected chi connectivity index (χ3v) is 6.12. The van der Waals surface area contributed by atoms with Crippen molar-refractivity contribution in [2.75, 3.05) is 0 Å². The van der Waals surface area contributed by atoms with E-state index in [1.165, 1.54) is 24.8 Å². The van der Waals surface area contributed by atoms with Gasteiger partial charge in [-0.1, -0.05) is 105 Å². The molecule has 1 aromatic heterocycles. The SMILES string of the molecule is CCCCCCC(C)NC(=O)c1cc(-c2ccc(-c3ccccc3)cc2)nc2ccccc12. The van der Waals surface area contributed by atoms with Gasteiger partial charge in [-0.15, -0.1) is 0 Å². The highest BCUT2D eigenvalue weighted by atomic mass is 16.1. The molecular weight excluding hydrogens is 404 g/mol. The van der Waals surface area contributed by atoms with Crippen LogP contribution in [0.5, 0.6) is 0 Å². The van der Waals surface area contributed by atoms with Gasteiger partial charge in [0.05, 0.1) is 16.8 Å². The average Bonchev–Trinajstić information content (AvgIpc) is 2.86. The standard InChI is InChI=1S/C30H32N2O/c1-3-4-5-7-12-22(2)31-30(33)27-21-29(32-28-16-11-10-15-26(27)28)25-19-17-24(18-20-25)23-13-8-6-9-14-23/h6,8-11,13-22H,3-5,7,12H2,1-2H3,(H,31,33). The maximum absolute atomic E-state index is 13.2. The van der Waals surface area contributed by atoms with Crippen molar-refractivity contribution < 1.29 is 4.79 Å². The number of carbonyl (C=O) groups excluding carboxylic acids is 1. The van der Waals surface area contributed by atoms with Crippen molar-refractivity contribution in [2.24, 2.45) is 0 Å². The molecule has 0 spiro atoms. The van der Waals surface area contributed by atoms with Gasteiger partial charge < -0.3 is 5.32 Å². The number of hydrogen-bond donors (Lipinski definition) is 1. The van der Waals surface area contributed by atoms with E-state index in [0.717, 1.165) is 40.6 Å². The van der Waals surface area contributed by atoms with Crippen molar-refractivity contribution in [1.82, 2.24) is 10.3 Å². The highest BCUT2D eigenvalue weighted by molar-refractivity contribution is 6.07. The molecular formula is C30H32N2O. The molecule has 1 atom stereocenters. The van der Waals surface area contributed by atoms with Crippen molar-refractivity contribution in [3.05, 3.63) is 90.5 Å². The van der Waals surface area contributed by atoms with Gasteiger partial charge in [0.25, 0.3) is 5.91 Å². The highest BCUT2D eigenvalue weighted by Gasteiger charge is 2.16. The number of aromatic nitrogens is 1. The van der Waals surface area contributed by atoms with Gasteiger partial charge in [-0.25, -0.2) is 4.98 Å². The maximum Gasteiger partial charge on any atom is 0.252 e. The molecule has 168 valence electrons. The molecule has 1 N–H and O–H groups in total. The van der Waals surface area contributed by atoms with E-state index < -0.39 is 0 Å². The Labute approximate surface area is 196 Å². The fourth-order valence-corrected chi connectivity index (χ4v) is 4.23. The van der Waals surface area contributed by atoms with E-state index in [9.17, 15) is 4.79 Å². The van der Waals surface area contributed by atoms with Crippen LogP contribution in [0.15, 0.2) is 84.9 Å². The predicted octanol–water partition coefficient (Wildman–Crippen LogP) is 7.66. The van der Waals surface area contributed by atoms with Gasteiger partial charge in [-0.05, 0) is 36.6 Å². The zero-order valence-corrected chi connectivity index (χ0v) is 19.6. The first-order valence-corrected chi connectivity index (χ1v) is 12.0. The Morgan fingerprint density at radius 1 is 0.818 bits per heavy atom. The minimum absolute atomic E-state index is 0.0289. The van der Waals surface area contributed by atoms with E-state index >= 15 is 0 Å². The molecule has 0 saturated carbocycles. The summed E-state index contributed by atoms with van der Waals surface area (Å²) in [4.78, 5) is 18.1. The summed E-state index contributed by atoms with van der Waals surface area (Å²) in [6.45, 7) is 4.31. The first-order valence-electron chi connectivity index (χ1n) is 12.0. The largest absolute Gasteiger partial charge is 0.350 e. The third kappa shape index (κ3) is 5.67. The van der Waals surface area contributed by atoms with Gasteiger partial charge in [0.2, 0.25) is 0 Å². The zero-order valence-electron chi connectivity index (χ0n) is 19.6. The van der Waals surface area contributed by atoms with Crippen LogP contribution in [0.3, 0.4) is 0 Å². The average molecular weight is 437 g/mol. The van der Waals surface area contributed by atoms with Crippen LogP contribution in [0.25, 0.3) is 33.3 Å². The molecule has 3 nitrogen and oxygen atoms in total. The summed E-state index contributed by atoms with van der Waals surface area (Å²) in [6.07, 6.45) is 5.84.